The Morgan fingerprint density at radius 2 is 2.15 bits per heavy atom. The Bertz CT molecular complexity index is 1000. The van der Waals surface area contributed by atoms with Gasteiger partial charge in [0.15, 0.2) is 0 Å². The maximum atomic E-state index is 13.5. The van der Waals surface area contributed by atoms with Crippen molar-refractivity contribution >= 4 is 11.8 Å². The minimum absolute atomic E-state index is 0.0320. The zero-order chi connectivity index (χ0) is 23.5. The van der Waals surface area contributed by atoms with Crippen LogP contribution < -0.4 is 4.74 Å². The molecule has 3 atom stereocenters. The average molecular weight is 454 g/mol. The Hall–Kier alpha value is -3.07. The van der Waals surface area contributed by atoms with Gasteiger partial charge in [-0.05, 0) is 18.6 Å². The van der Waals surface area contributed by atoms with E-state index in [1.807, 2.05) is 32.9 Å². The maximum absolute atomic E-state index is 13.5. The first-order chi connectivity index (χ1) is 15.8. The van der Waals surface area contributed by atoms with E-state index in [0.29, 0.717) is 25.6 Å². The van der Waals surface area contributed by atoms with E-state index in [1.54, 1.807) is 35.3 Å². The Morgan fingerprint density at radius 1 is 1.33 bits per heavy atom. The normalized spacial score (nSPS) is 23.3. The summed E-state index contributed by atoms with van der Waals surface area (Å²) in [5.74, 6) is 0.946. The van der Waals surface area contributed by atoms with E-state index in [1.165, 1.54) is 0 Å². The van der Waals surface area contributed by atoms with Crippen LogP contribution in [0.4, 0.5) is 0 Å². The van der Waals surface area contributed by atoms with Gasteiger partial charge in [-0.25, -0.2) is 4.98 Å². The number of likely N-dealkylation sites (tertiary alicyclic amines) is 1. The fourth-order valence-corrected chi connectivity index (χ4v) is 4.43. The van der Waals surface area contributed by atoms with Crippen molar-refractivity contribution in [2.75, 3.05) is 33.4 Å². The second-order valence-electron chi connectivity index (χ2n) is 8.99. The molecule has 2 saturated heterocycles. The third-order valence-electron chi connectivity index (χ3n) is 6.16. The van der Waals surface area contributed by atoms with Gasteiger partial charge in [0.1, 0.15) is 18.5 Å². The minimum atomic E-state index is -0.440. The Balaban J connectivity index is 1.42. The fraction of sp³-hybridized carbons (Fsp3) is 0.542. The van der Waals surface area contributed by atoms with Gasteiger partial charge >= 0.3 is 0 Å². The molecule has 2 amide bonds. The number of morpholine rings is 1. The van der Waals surface area contributed by atoms with E-state index in [4.69, 9.17) is 9.47 Å². The van der Waals surface area contributed by atoms with E-state index < -0.39 is 5.92 Å². The fourth-order valence-electron chi connectivity index (χ4n) is 4.43. The molecule has 0 spiro atoms. The van der Waals surface area contributed by atoms with Crippen LogP contribution in [0.3, 0.4) is 0 Å². The van der Waals surface area contributed by atoms with Crippen LogP contribution in [0, 0.1) is 12.8 Å². The molecule has 33 heavy (non-hydrogen) atoms. The second kappa shape index (κ2) is 9.82. The molecular weight excluding hydrogens is 422 g/mol. The van der Waals surface area contributed by atoms with Crippen LogP contribution in [0.1, 0.15) is 49.3 Å². The number of hydrogen-bond acceptors (Lipinski definition) is 7. The van der Waals surface area contributed by atoms with Crippen molar-refractivity contribution in [3.05, 3.63) is 47.7 Å². The van der Waals surface area contributed by atoms with E-state index in [2.05, 4.69) is 15.0 Å². The molecule has 0 radical (unpaired) electrons. The molecule has 176 valence electrons. The summed E-state index contributed by atoms with van der Waals surface area (Å²) < 4.78 is 11.8. The summed E-state index contributed by atoms with van der Waals surface area (Å²) in [4.78, 5) is 42.5. The third-order valence-corrected chi connectivity index (χ3v) is 6.16. The molecule has 0 N–H and O–H groups in total. The molecule has 2 aromatic heterocycles. The highest BCUT2D eigenvalue weighted by atomic mass is 16.5. The monoisotopic (exact) mass is 453 g/mol. The van der Waals surface area contributed by atoms with Crippen molar-refractivity contribution in [2.45, 2.75) is 45.3 Å². The SMILES string of the molecule is Cc1cc(OCC2CN(C(=O)[C@@H]3CC(=O)N(C)[C@H]3c3cccnc3)CCO2)nc(C(C)C)n1. The Labute approximate surface area is 194 Å². The number of carbonyl (C=O) groups is 2. The third kappa shape index (κ3) is 5.13. The molecule has 0 saturated carbocycles. The molecule has 9 heteroatoms. The van der Waals surface area contributed by atoms with E-state index in [-0.39, 0.29) is 42.9 Å². The Kier molecular flexibility index (Phi) is 6.88. The van der Waals surface area contributed by atoms with Gasteiger partial charge in [0.2, 0.25) is 17.7 Å². The van der Waals surface area contributed by atoms with Gasteiger partial charge in [-0.1, -0.05) is 19.9 Å². The lowest BCUT2D eigenvalue weighted by molar-refractivity contribution is -0.145. The smallest absolute Gasteiger partial charge is 0.228 e. The summed E-state index contributed by atoms with van der Waals surface area (Å²) in [6.07, 6.45) is 3.34. The highest BCUT2D eigenvalue weighted by Gasteiger charge is 2.45. The molecule has 2 fully saturated rings. The van der Waals surface area contributed by atoms with Crippen molar-refractivity contribution in [1.82, 2.24) is 24.8 Å². The molecule has 0 aliphatic carbocycles. The maximum Gasteiger partial charge on any atom is 0.228 e. The predicted octanol–water partition coefficient (Wildman–Crippen LogP) is 2.13. The Morgan fingerprint density at radius 3 is 2.88 bits per heavy atom. The number of amides is 2. The molecule has 1 unspecified atom stereocenters. The van der Waals surface area contributed by atoms with Gasteiger partial charge in [0.25, 0.3) is 0 Å². The second-order valence-corrected chi connectivity index (χ2v) is 8.99. The van der Waals surface area contributed by atoms with Gasteiger partial charge in [-0.2, -0.15) is 4.98 Å². The van der Waals surface area contributed by atoms with E-state index in [9.17, 15) is 9.59 Å². The summed E-state index contributed by atoms with van der Waals surface area (Å²) in [5, 5.41) is 0. The summed E-state index contributed by atoms with van der Waals surface area (Å²) in [7, 11) is 1.75. The van der Waals surface area contributed by atoms with Crippen LogP contribution in [0.15, 0.2) is 30.6 Å². The van der Waals surface area contributed by atoms with Crippen LogP contribution in [0.25, 0.3) is 0 Å². The highest BCUT2D eigenvalue weighted by Crippen LogP contribution is 2.38. The lowest BCUT2D eigenvalue weighted by atomic mass is 9.93. The van der Waals surface area contributed by atoms with Crippen molar-refractivity contribution in [1.29, 1.82) is 0 Å². The van der Waals surface area contributed by atoms with Gasteiger partial charge in [-0.15, -0.1) is 0 Å². The van der Waals surface area contributed by atoms with Crippen molar-refractivity contribution < 1.29 is 19.1 Å². The number of rotatable bonds is 6. The lowest BCUT2D eigenvalue weighted by Gasteiger charge is -2.35. The number of aryl methyl sites for hydroxylation is 1. The molecule has 0 bridgehead atoms. The van der Waals surface area contributed by atoms with Crippen LogP contribution in [0.5, 0.6) is 5.88 Å². The first kappa shape index (κ1) is 23.1. The number of nitrogens with zero attached hydrogens (tertiary/aromatic N) is 5. The summed E-state index contributed by atoms with van der Waals surface area (Å²) in [6.45, 7) is 7.60. The molecule has 4 heterocycles. The zero-order valence-corrected chi connectivity index (χ0v) is 19.6. The first-order valence-corrected chi connectivity index (χ1v) is 11.4. The van der Waals surface area contributed by atoms with Crippen molar-refractivity contribution in [2.24, 2.45) is 5.92 Å². The van der Waals surface area contributed by atoms with E-state index >= 15 is 0 Å². The van der Waals surface area contributed by atoms with Gasteiger partial charge in [0.05, 0.1) is 25.1 Å². The van der Waals surface area contributed by atoms with Gasteiger partial charge < -0.3 is 19.3 Å². The molecule has 0 aromatic carbocycles. The summed E-state index contributed by atoms with van der Waals surface area (Å²) in [5.41, 5.74) is 1.72. The summed E-state index contributed by atoms with van der Waals surface area (Å²) >= 11 is 0. The average Bonchev–Trinajstić information content (AvgIpc) is 3.11. The van der Waals surface area contributed by atoms with Crippen molar-refractivity contribution in [3.8, 4) is 5.88 Å². The number of aromatic nitrogens is 3. The standard InChI is InChI=1S/C24H31N5O4/c1-15(2)23-26-16(3)10-20(27-23)33-14-18-13-29(8-9-32-18)24(31)19-11-21(30)28(4)22(19)17-6-5-7-25-12-17/h5-7,10,12,15,18-19,22H,8-9,11,13-14H2,1-4H3/t18?,19-,22+/m1/s1. The molecule has 2 aromatic rings. The summed E-state index contributed by atoms with van der Waals surface area (Å²) in [6, 6.07) is 5.23. The molecular formula is C24H31N5O4. The topological polar surface area (TPSA) is 97.8 Å². The highest BCUT2D eigenvalue weighted by molar-refractivity contribution is 5.90. The van der Waals surface area contributed by atoms with Crippen LogP contribution >= 0.6 is 0 Å². The number of hydrogen-bond donors (Lipinski definition) is 0. The lowest BCUT2D eigenvalue weighted by Crippen LogP contribution is -2.50. The molecule has 4 rings (SSSR count). The van der Waals surface area contributed by atoms with E-state index in [0.717, 1.165) is 17.1 Å². The van der Waals surface area contributed by atoms with Crippen molar-refractivity contribution in [3.63, 3.8) is 0 Å². The quantitative estimate of drug-likeness (QED) is 0.661. The predicted molar refractivity (Wildman–Crippen MR) is 121 cm³/mol. The van der Waals surface area contributed by atoms with Gasteiger partial charge in [0, 0.05) is 50.1 Å². The first-order valence-electron chi connectivity index (χ1n) is 11.4. The minimum Gasteiger partial charge on any atom is -0.475 e. The molecule has 9 nitrogen and oxygen atoms in total. The number of carbonyl (C=O) groups excluding carboxylic acids is 2. The van der Waals surface area contributed by atoms with Crippen LogP contribution in [0.2, 0.25) is 0 Å². The van der Waals surface area contributed by atoms with Crippen LogP contribution in [-0.4, -0.2) is 76.0 Å². The van der Waals surface area contributed by atoms with Gasteiger partial charge in [-0.3, -0.25) is 14.6 Å². The number of pyridine rings is 1. The number of ether oxygens (including phenoxy) is 2. The molecule has 2 aliphatic rings. The zero-order valence-electron chi connectivity index (χ0n) is 19.6. The largest absolute Gasteiger partial charge is 0.475 e. The molecule has 2 aliphatic heterocycles. The van der Waals surface area contributed by atoms with Crippen LogP contribution in [-0.2, 0) is 14.3 Å².